The van der Waals surface area contributed by atoms with Crippen LogP contribution < -0.4 is 10.6 Å². The minimum Gasteiger partial charge on any atom is -0.393 e. The predicted molar refractivity (Wildman–Crippen MR) is 123 cm³/mol. The molecule has 0 radical (unpaired) electrons. The number of rotatable bonds is 6. The molecule has 4 rings (SSSR count). The van der Waals surface area contributed by atoms with E-state index in [1.54, 1.807) is 4.90 Å². The lowest BCUT2D eigenvalue weighted by Crippen LogP contribution is -2.34. The van der Waals surface area contributed by atoms with Crippen molar-refractivity contribution in [3.8, 4) is 10.4 Å². The van der Waals surface area contributed by atoms with E-state index in [2.05, 4.69) is 15.3 Å². The van der Waals surface area contributed by atoms with Crippen molar-refractivity contribution < 1.29 is 36.6 Å². The van der Waals surface area contributed by atoms with Crippen LogP contribution in [0.1, 0.15) is 64.9 Å². The summed E-state index contributed by atoms with van der Waals surface area (Å²) in [5.41, 5.74) is -0.956. The molecule has 0 aromatic carbocycles. The van der Waals surface area contributed by atoms with Gasteiger partial charge in [-0.2, -0.15) is 13.2 Å². The van der Waals surface area contributed by atoms with E-state index in [-0.39, 0.29) is 33.3 Å². The molecule has 2 fully saturated rings. The lowest BCUT2D eigenvalue weighted by atomic mass is 10.1. The third kappa shape index (κ3) is 7.09. The Morgan fingerprint density at radius 2 is 1.94 bits per heavy atom. The lowest BCUT2D eigenvalue weighted by molar-refractivity contribution is -0.115. The molecule has 1 unspecified atom stereocenters. The van der Waals surface area contributed by atoms with Crippen molar-refractivity contribution >= 4 is 29.0 Å². The van der Waals surface area contributed by atoms with Gasteiger partial charge in [-0.25, -0.2) is 18.7 Å². The summed E-state index contributed by atoms with van der Waals surface area (Å²) in [6.45, 7) is 0.871. The van der Waals surface area contributed by atoms with Crippen LogP contribution in [0.4, 0.5) is 27.8 Å². The first-order valence-electron chi connectivity index (χ1n) is 11.2. The molecule has 3 N–H and O–H groups in total. The van der Waals surface area contributed by atoms with Crippen LogP contribution in [0.15, 0.2) is 12.3 Å². The largest absolute Gasteiger partial charge is 0.405 e. The Labute approximate surface area is 207 Å². The lowest BCUT2D eigenvalue weighted by Gasteiger charge is -2.21. The molecule has 2 amide bonds. The number of nitrogens with zero attached hydrogens (tertiary/aromatic N) is 3. The maximum Gasteiger partial charge on any atom is 0.405 e. The number of thiazole rings is 1. The number of nitrogens with one attached hydrogen (secondary N) is 2. The SMILES string of the molecule is CNC(=O)c1nc(C(=O)N2CCCC2C)c(-c2cnc(NCC(F)(F)F)cc2C(F)F)s1.OC1CC1. The highest BCUT2D eigenvalue weighted by Crippen LogP contribution is 2.38. The molecule has 2 aromatic heterocycles. The molecular formula is C22H26F5N5O3S. The van der Waals surface area contributed by atoms with Gasteiger partial charge in [0.05, 0.1) is 11.0 Å². The third-order valence-electron chi connectivity index (χ3n) is 5.50. The second kappa shape index (κ2) is 11.5. The van der Waals surface area contributed by atoms with Crippen molar-refractivity contribution in [2.45, 2.75) is 57.4 Å². The summed E-state index contributed by atoms with van der Waals surface area (Å²) in [6, 6.07) is 0.722. The highest BCUT2D eigenvalue weighted by atomic mass is 32.1. The van der Waals surface area contributed by atoms with Crippen molar-refractivity contribution in [2.75, 3.05) is 25.5 Å². The summed E-state index contributed by atoms with van der Waals surface area (Å²) >= 11 is 0.744. The van der Waals surface area contributed by atoms with Crippen LogP contribution in [-0.2, 0) is 0 Å². The molecule has 1 saturated carbocycles. The molecule has 2 aliphatic rings. The summed E-state index contributed by atoms with van der Waals surface area (Å²) in [4.78, 5) is 34.7. The maximum absolute atomic E-state index is 13.8. The van der Waals surface area contributed by atoms with Crippen molar-refractivity contribution in [1.29, 1.82) is 0 Å². The minimum absolute atomic E-state index is 0.0119. The molecular weight excluding hydrogens is 509 g/mol. The van der Waals surface area contributed by atoms with Crippen molar-refractivity contribution in [1.82, 2.24) is 20.2 Å². The highest BCUT2D eigenvalue weighted by Gasteiger charge is 2.33. The number of alkyl halides is 5. The van der Waals surface area contributed by atoms with Crippen molar-refractivity contribution in [3.63, 3.8) is 0 Å². The average molecular weight is 536 g/mol. The Hall–Kier alpha value is -2.87. The minimum atomic E-state index is -4.56. The number of aliphatic hydroxyl groups is 1. The van der Waals surface area contributed by atoms with Gasteiger partial charge >= 0.3 is 6.18 Å². The number of hydrogen-bond acceptors (Lipinski definition) is 7. The molecule has 36 heavy (non-hydrogen) atoms. The first kappa shape index (κ1) is 27.7. The number of aromatic nitrogens is 2. The number of carbonyl (C=O) groups is 2. The van der Waals surface area contributed by atoms with Gasteiger partial charge in [-0.15, -0.1) is 11.3 Å². The number of anilines is 1. The maximum atomic E-state index is 13.8. The van der Waals surface area contributed by atoms with Crippen LogP contribution in [-0.4, -0.2) is 70.2 Å². The summed E-state index contributed by atoms with van der Waals surface area (Å²) in [6.07, 6.45) is -2.95. The second-order valence-corrected chi connectivity index (χ2v) is 9.42. The molecule has 0 bridgehead atoms. The topological polar surface area (TPSA) is 107 Å². The highest BCUT2D eigenvalue weighted by molar-refractivity contribution is 7.17. The van der Waals surface area contributed by atoms with Crippen LogP contribution in [0.5, 0.6) is 0 Å². The molecule has 1 saturated heterocycles. The summed E-state index contributed by atoms with van der Waals surface area (Å²) in [5.74, 6) is -1.49. The number of pyridine rings is 1. The number of carbonyl (C=O) groups excluding carboxylic acids is 2. The van der Waals surface area contributed by atoms with Crippen molar-refractivity contribution in [3.05, 3.63) is 28.5 Å². The van der Waals surface area contributed by atoms with Gasteiger partial charge in [0.15, 0.2) is 5.01 Å². The number of hydrogen-bond donors (Lipinski definition) is 3. The Morgan fingerprint density at radius 3 is 2.44 bits per heavy atom. The normalized spacial score (nSPS) is 17.6. The fourth-order valence-corrected chi connectivity index (χ4v) is 4.46. The monoisotopic (exact) mass is 535 g/mol. The summed E-state index contributed by atoms with van der Waals surface area (Å²) in [5, 5.41) is 12.4. The second-order valence-electron chi connectivity index (χ2n) is 8.42. The smallest absolute Gasteiger partial charge is 0.393 e. The van der Waals surface area contributed by atoms with Gasteiger partial charge < -0.3 is 20.6 Å². The van der Waals surface area contributed by atoms with Crippen LogP contribution in [0.3, 0.4) is 0 Å². The van der Waals surface area contributed by atoms with E-state index in [9.17, 15) is 31.5 Å². The Kier molecular flexibility index (Phi) is 8.82. The molecule has 0 spiro atoms. The van der Waals surface area contributed by atoms with E-state index in [1.807, 2.05) is 12.2 Å². The van der Waals surface area contributed by atoms with E-state index < -0.39 is 42.3 Å². The fourth-order valence-electron chi connectivity index (χ4n) is 3.43. The van der Waals surface area contributed by atoms with Gasteiger partial charge in [0.1, 0.15) is 18.1 Å². The zero-order chi connectivity index (χ0) is 26.6. The summed E-state index contributed by atoms with van der Waals surface area (Å²) in [7, 11) is 1.36. The van der Waals surface area contributed by atoms with Crippen LogP contribution in [0.2, 0.25) is 0 Å². The van der Waals surface area contributed by atoms with E-state index in [4.69, 9.17) is 5.11 Å². The van der Waals surface area contributed by atoms with Gasteiger partial charge in [-0.1, -0.05) is 0 Å². The Bertz CT molecular complexity index is 1090. The van der Waals surface area contributed by atoms with Crippen LogP contribution in [0.25, 0.3) is 10.4 Å². The van der Waals surface area contributed by atoms with Gasteiger partial charge in [-0.05, 0) is 38.7 Å². The number of amides is 2. The standard InChI is InChI=1S/C19H20F5N5O2S.C3H6O/c1-9-4-3-5-29(9)18(31)13-14(32-17(28-13)16(30)25-2)11-7-26-12(6-10(11)15(20)21)27-8-19(22,23)24;4-3-1-2-3/h6-7,9,15H,3-5,8H2,1-2H3,(H,25,30)(H,26,27);3-4H,1-2H2. The molecule has 14 heteroatoms. The molecule has 198 valence electrons. The zero-order valence-corrected chi connectivity index (χ0v) is 20.3. The zero-order valence-electron chi connectivity index (χ0n) is 19.5. The van der Waals surface area contributed by atoms with Crippen molar-refractivity contribution in [2.24, 2.45) is 0 Å². The van der Waals surface area contributed by atoms with E-state index in [1.165, 1.54) is 7.05 Å². The first-order chi connectivity index (χ1) is 16.9. The van der Waals surface area contributed by atoms with Crippen LogP contribution >= 0.6 is 11.3 Å². The predicted octanol–water partition coefficient (Wildman–Crippen LogP) is 4.24. The van der Waals surface area contributed by atoms with Gasteiger partial charge in [0.25, 0.3) is 18.2 Å². The Morgan fingerprint density at radius 1 is 1.28 bits per heavy atom. The third-order valence-corrected chi connectivity index (χ3v) is 6.58. The molecule has 2 aromatic rings. The van der Waals surface area contributed by atoms with Gasteiger partial charge in [0, 0.05) is 37.0 Å². The molecule has 1 aliphatic heterocycles. The number of likely N-dealkylation sites (tertiary alicyclic amines) is 1. The number of halogens is 5. The molecule has 1 aliphatic carbocycles. The van der Waals surface area contributed by atoms with Gasteiger partial charge in [0.2, 0.25) is 0 Å². The van der Waals surface area contributed by atoms with E-state index in [0.29, 0.717) is 6.54 Å². The fraction of sp³-hybridized carbons (Fsp3) is 0.545. The van der Waals surface area contributed by atoms with E-state index in [0.717, 1.165) is 49.3 Å². The first-order valence-corrected chi connectivity index (χ1v) is 12.0. The number of aliphatic hydroxyl groups excluding tert-OH is 1. The summed E-state index contributed by atoms with van der Waals surface area (Å²) < 4.78 is 65.0. The average Bonchev–Trinajstić information content (AvgIpc) is 3.30. The molecule has 3 heterocycles. The Balaban J connectivity index is 0.000000819. The molecule has 1 atom stereocenters. The quantitative estimate of drug-likeness (QED) is 0.478. The van der Waals surface area contributed by atoms with Crippen LogP contribution in [0, 0.1) is 0 Å². The van der Waals surface area contributed by atoms with E-state index >= 15 is 0 Å². The van der Waals surface area contributed by atoms with Gasteiger partial charge in [-0.3, -0.25) is 9.59 Å². The molecule has 8 nitrogen and oxygen atoms in total.